The summed E-state index contributed by atoms with van der Waals surface area (Å²) in [4.78, 5) is 0. The summed E-state index contributed by atoms with van der Waals surface area (Å²) in [5, 5.41) is 3.50. The minimum absolute atomic E-state index is 0.456. The minimum atomic E-state index is 0.456. The standard InChI is InChI=1S/C15H25NO3S/c1-6-20-10-11(2)16-9-12-7-14(18-4)15(19-5)8-13(12)17-3/h7-8,11,16H,6,9-10H2,1-5H3. The lowest BCUT2D eigenvalue weighted by atomic mass is 10.1. The van der Waals surface area contributed by atoms with Crippen LogP contribution in [0.3, 0.4) is 0 Å². The van der Waals surface area contributed by atoms with Crippen molar-refractivity contribution >= 4 is 11.8 Å². The lowest BCUT2D eigenvalue weighted by Crippen LogP contribution is -2.27. The van der Waals surface area contributed by atoms with Crippen molar-refractivity contribution in [1.29, 1.82) is 0 Å². The number of nitrogens with one attached hydrogen (secondary N) is 1. The molecule has 1 aromatic rings. The maximum Gasteiger partial charge on any atom is 0.164 e. The first-order chi connectivity index (χ1) is 9.65. The Morgan fingerprint density at radius 2 is 1.65 bits per heavy atom. The number of hydrogen-bond acceptors (Lipinski definition) is 5. The molecule has 1 rings (SSSR count). The summed E-state index contributed by atoms with van der Waals surface area (Å²) in [6.07, 6.45) is 0. The number of ether oxygens (including phenoxy) is 3. The van der Waals surface area contributed by atoms with Gasteiger partial charge in [0.1, 0.15) is 5.75 Å². The maximum absolute atomic E-state index is 5.42. The fourth-order valence-corrected chi connectivity index (χ4v) is 2.58. The normalized spacial score (nSPS) is 12.1. The van der Waals surface area contributed by atoms with Crippen LogP contribution in [0.4, 0.5) is 0 Å². The summed E-state index contributed by atoms with van der Waals surface area (Å²) in [6, 6.07) is 4.28. The summed E-state index contributed by atoms with van der Waals surface area (Å²) in [7, 11) is 4.93. The van der Waals surface area contributed by atoms with E-state index in [-0.39, 0.29) is 0 Å². The van der Waals surface area contributed by atoms with Crippen molar-refractivity contribution in [3.63, 3.8) is 0 Å². The van der Waals surface area contributed by atoms with E-state index in [1.807, 2.05) is 23.9 Å². The first kappa shape index (κ1) is 17.0. The minimum Gasteiger partial charge on any atom is -0.496 e. The zero-order valence-electron chi connectivity index (χ0n) is 13.0. The van der Waals surface area contributed by atoms with E-state index >= 15 is 0 Å². The Labute approximate surface area is 126 Å². The lowest BCUT2D eigenvalue weighted by molar-refractivity contribution is 0.347. The van der Waals surface area contributed by atoms with Crippen LogP contribution in [-0.2, 0) is 6.54 Å². The van der Waals surface area contributed by atoms with Gasteiger partial charge in [-0.05, 0) is 18.7 Å². The second-order valence-electron chi connectivity index (χ2n) is 4.46. The molecule has 0 bridgehead atoms. The van der Waals surface area contributed by atoms with Gasteiger partial charge in [0, 0.05) is 30.0 Å². The predicted molar refractivity (Wildman–Crippen MR) is 85.4 cm³/mol. The smallest absolute Gasteiger partial charge is 0.164 e. The zero-order chi connectivity index (χ0) is 15.0. The molecule has 0 saturated carbocycles. The van der Waals surface area contributed by atoms with Gasteiger partial charge in [0.15, 0.2) is 11.5 Å². The number of methoxy groups -OCH3 is 3. The van der Waals surface area contributed by atoms with Crippen molar-refractivity contribution < 1.29 is 14.2 Å². The molecular formula is C15H25NO3S. The van der Waals surface area contributed by atoms with Crippen LogP contribution in [0.5, 0.6) is 17.2 Å². The number of hydrogen-bond donors (Lipinski definition) is 1. The average Bonchev–Trinajstić information content (AvgIpc) is 2.49. The Bertz CT molecular complexity index is 412. The van der Waals surface area contributed by atoms with Crippen LogP contribution in [0, 0.1) is 0 Å². The molecule has 0 radical (unpaired) electrons. The quantitative estimate of drug-likeness (QED) is 0.759. The van der Waals surface area contributed by atoms with Gasteiger partial charge in [0.05, 0.1) is 21.3 Å². The highest BCUT2D eigenvalue weighted by atomic mass is 32.2. The van der Waals surface area contributed by atoms with E-state index in [2.05, 4.69) is 19.2 Å². The summed E-state index contributed by atoms with van der Waals surface area (Å²) < 4.78 is 16.0. The molecule has 0 aliphatic carbocycles. The Morgan fingerprint density at radius 1 is 1.05 bits per heavy atom. The van der Waals surface area contributed by atoms with Gasteiger partial charge >= 0.3 is 0 Å². The fourth-order valence-electron chi connectivity index (χ4n) is 1.87. The number of rotatable bonds is 9. The van der Waals surface area contributed by atoms with Gasteiger partial charge in [-0.1, -0.05) is 6.92 Å². The van der Waals surface area contributed by atoms with Crippen molar-refractivity contribution in [3.8, 4) is 17.2 Å². The van der Waals surface area contributed by atoms with Gasteiger partial charge in [-0.25, -0.2) is 0 Å². The number of benzene rings is 1. The van der Waals surface area contributed by atoms with Gasteiger partial charge < -0.3 is 19.5 Å². The zero-order valence-corrected chi connectivity index (χ0v) is 13.8. The van der Waals surface area contributed by atoms with Crippen LogP contribution in [-0.4, -0.2) is 38.9 Å². The molecule has 0 aliphatic rings. The Balaban J connectivity index is 2.77. The molecule has 0 aliphatic heterocycles. The van der Waals surface area contributed by atoms with E-state index in [1.54, 1.807) is 21.3 Å². The van der Waals surface area contributed by atoms with E-state index in [0.29, 0.717) is 11.8 Å². The van der Waals surface area contributed by atoms with Crippen LogP contribution < -0.4 is 19.5 Å². The van der Waals surface area contributed by atoms with Crippen LogP contribution in [0.25, 0.3) is 0 Å². The van der Waals surface area contributed by atoms with Gasteiger partial charge in [-0.15, -0.1) is 0 Å². The largest absolute Gasteiger partial charge is 0.496 e. The van der Waals surface area contributed by atoms with Crippen LogP contribution in [0.2, 0.25) is 0 Å². The van der Waals surface area contributed by atoms with Crippen LogP contribution >= 0.6 is 11.8 Å². The highest BCUT2D eigenvalue weighted by molar-refractivity contribution is 7.99. The van der Waals surface area contributed by atoms with Gasteiger partial charge in [0.25, 0.3) is 0 Å². The van der Waals surface area contributed by atoms with Crippen molar-refractivity contribution in [2.45, 2.75) is 26.4 Å². The third-order valence-corrected chi connectivity index (χ3v) is 4.14. The molecular weight excluding hydrogens is 274 g/mol. The summed E-state index contributed by atoms with van der Waals surface area (Å²) in [6.45, 7) is 5.11. The summed E-state index contributed by atoms with van der Waals surface area (Å²) >= 11 is 1.94. The molecule has 5 heteroatoms. The topological polar surface area (TPSA) is 39.7 Å². The summed E-state index contributed by atoms with van der Waals surface area (Å²) in [5.74, 6) is 4.46. The first-order valence-electron chi connectivity index (χ1n) is 6.76. The van der Waals surface area contributed by atoms with E-state index in [9.17, 15) is 0 Å². The fraction of sp³-hybridized carbons (Fsp3) is 0.600. The maximum atomic E-state index is 5.42. The van der Waals surface area contributed by atoms with Crippen LogP contribution in [0.1, 0.15) is 19.4 Å². The molecule has 0 saturated heterocycles. The molecule has 0 spiro atoms. The highest BCUT2D eigenvalue weighted by Gasteiger charge is 2.12. The molecule has 1 N–H and O–H groups in total. The molecule has 4 nitrogen and oxygen atoms in total. The van der Waals surface area contributed by atoms with Gasteiger partial charge in [-0.2, -0.15) is 11.8 Å². The van der Waals surface area contributed by atoms with E-state index in [0.717, 1.165) is 35.1 Å². The SMILES string of the molecule is CCSCC(C)NCc1cc(OC)c(OC)cc1OC. The Kier molecular flexibility index (Phi) is 7.62. The summed E-state index contributed by atoms with van der Waals surface area (Å²) in [5.41, 5.74) is 1.07. The van der Waals surface area contributed by atoms with Crippen molar-refractivity contribution in [2.75, 3.05) is 32.8 Å². The van der Waals surface area contributed by atoms with Gasteiger partial charge in [0.2, 0.25) is 0 Å². The van der Waals surface area contributed by atoms with E-state index in [4.69, 9.17) is 14.2 Å². The molecule has 0 amide bonds. The van der Waals surface area contributed by atoms with E-state index < -0.39 is 0 Å². The number of thioether (sulfide) groups is 1. The molecule has 20 heavy (non-hydrogen) atoms. The second kappa shape index (κ2) is 8.97. The third-order valence-electron chi connectivity index (χ3n) is 3.00. The molecule has 1 atom stereocenters. The van der Waals surface area contributed by atoms with Crippen molar-refractivity contribution in [1.82, 2.24) is 5.32 Å². The van der Waals surface area contributed by atoms with E-state index in [1.165, 1.54) is 0 Å². The highest BCUT2D eigenvalue weighted by Crippen LogP contribution is 2.34. The monoisotopic (exact) mass is 299 g/mol. The lowest BCUT2D eigenvalue weighted by Gasteiger charge is -2.17. The van der Waals surface area contributed by atoms with Crippen molar-refractivity contribution in [3.05, 3.63) is 17.7 Å². The predicted octanol–water partition coefficient (Wildman–Crippen LogP) is 2.94. The molecule has 0 fully saturated rings. The van der Waals surface area contributed by atoms with Crippen LogP contribution in [0.15, 0.2) is 12.1 Å². The molecule has 0 heterocycles. The average molecular weight is 299 g/mol. The van der Waals surface area contributed by atoms with Crippen molar-refractivity contribution in [2.24, 2.45) is 0 Å². The molecule has 114 valence electrons. The third kappa shape index (κ3) is 4.80. The molecule has 0 aromatic heterocycles. The first-order valence-corrected chi connectivity index (χ1v) is 7.91. The Morgan fingerprint density at radius 3 is 2.20 bits per heavy atom. The van der Waals surface area contributed by atoms with Gasteiger partial charge in [-0.3, -0.25) is 0 Å². The molecule has 1 unspecified atom stereocenters. The Hall–Kier alpha value is -1.07. The second-order valence-corrected chi connectivity index (χ2v) is 5.78. The molecule has 1 aromatic carbocycles.